The van der Waals surface area contributed by atoms with Crippen molar-refractivity contribution in [2.24, 2.45) is 10.2 Å². The van der Waals surface area contributed by atoms with E-state index in [0.717, 1.165) is 58.9 Å². The molecule has 0 bridgehead atoms. The second-order valence-corrected chi connectivity index (χ2v) is 10.3. The first-order valence-corrected chi connectivity index (χ1v) is 13.8. The number of fused-ring (bicyclic) bond motifs is 1. The van der Waals surface area contributed by atoms with Crippen LogP contribution in [0.25, 0.3) is 16.6 Å². The van der Waals surface area contributed by atoms with Gasteiger partial charge in [-0.05, 0) is 62.6 Å². The van der Waals surface area contributed by atoms with E-state index in [2.05, 4.69) is 37.9 Å². The molecule has 2 fully saturated rings. The molecule has 2 aromatic heterocycles. The van der Waals surface area contributed by atoms with E-state index in [4.69, 9.17) is 5.73 Å². The molecule has 2 N–H and O–H groups in total. The summed E-state index contributed by atoms with van der Waals surface area (Å²) >= 11 is 0. The standard InChI is InChI=1S/C15H16N6.C11H18F2N2.C3H6F2/c1-9-8-11(4-5-13(9)19-17-3)12-6-7-21-14(12)10(2)18-15(16)20-21;1-10(15-6-3-7-15)8-14-5-2-4-11(12,13)9-14;1-2-3(4)5/h4-8H,1-3H3,(H2,16,20);1-9H2;3H,2H2,1H3. The Hall–Kier alpha value is -3.54. The van der Waals surface area contributed by atoms with Crippen molar-refractivity contribution in [3.05, 3.63) is 54.0 Å². The van der Waals surface area contributed by atoms with Gasteiger partial charge in [0.15, 0.2) is 0 Å². The second kappa shape index (κ2) is 14.4. The third kappa shape index (κ3) is 8.97. The molecule has 2 aliphatic heterocycles. The normalized spacial score (nSPS) is 16.7. The largest absolute Gasteiger partial charge is 0.374 e. The number of nitrogen functional groups attached to an aromatic ring is 1. The van der Waals surface area contributed by atoms with Crippen LogP contribution in [0.2, 0.25) is 0 Å². The molecule has 1 aromatic carbocycles. The lowest BCUT2D eigenvalue weighted by Crippen LogP contribution is -2.46. The van der Waals surface area contributed by atoms with Crippen LogP contribution in [-0.4, -0.2) is 76.5 Å². The Kier molecular flexibility index (Phi) is 11.2. The molecule has 2 saturated heterocycles. The minimum atomic E-state index is -2.49. The average molecular weight is 577 g/mol. The number of hydrogen-bond acceptors (Lipinski definition) is 7. The van der Waals surface area contributed by atoms with Crippen molar-refractivity contribution in [3.8, 4) is 11.1 Å². The lowest BCUT2D eigenvalue weighted by Gasteiger charge is -2.39. The van der Waals surface area contributed by atoms with Gasteiger partial charge in [-0.15, -0.1) is 5.10 Å². The fraction of sp³-hybridized carbons (Fsp3) is 0.517. The number of halogens is 4. The fourth-order valence-corrected chi connectivity index (χ4v) is 4.67. The number of hydrogen-bond donors (Lipinski definition) is 1. The van der Waals surface area contributed by atoms with Crippen molar-refractivity contribution < 1.29 is 17.6 Å². The van der Waals surface area contributed by atoms with E-state index in [1.807, 2.05) is 43.1 Å². The second-order valence-electron chi connectivity index (χ2n) is 10.3. The highest BCUT2D eigenvalue weighted by atomic mass is 19.3. The Balaban J connectivity index is 0.000000202. The lowest BCUT2D eigenvalue weighted by molar-refractivity contribution is -0.0630. The first-order chi connectivity index (χ1) is 19.4. The highest BCUT2D eigenvalue weighted by molar-refractivity contribution is 5.83. The van der Waals surface area contributed by atoms with Crippen LogP contribution in [0.4, 0.5) is 29.2 Å². The maximum Gasteiger partial charge on any atom is 0.260 e. The van der Waals surface area contributed by atoms with Crippen LogP contribution in [0, 0.1) is 13.8 Å². The summed E-state index contributed by atoms with van der Waals surface area (Å²) in [5.74, 6) is -2.22. The number of alkyl halides is 4. The number of nitrogens with two attached hydrogens (primary N) is 1. The highest BCUT2D eigenvalue weighted by Crippen LogP contribution is 2.31. The van der Waals surface area contributed by atoms with Gasteiger partial charge in [-0.1, -0.05) is 19.6 Å². The van der Waals surface area contributed by atoms with Gasteiger partial charge in [0.25, 0.3) is 5.92 Å². The Labute approximate surface area is 238 Å². The third-order valence-corrected chi connectivity index (χ3v) is 6.91. The van der Waals surface area contributed by atoms with Crippen molar-refractivity contribution in [1.29, 1.82) is 0 Å². The van der Waals surface area contributed by atoms with Gasteiger partial charge in [0.1, 0.15) is 0 Å². The number of nitrogens with zero attached hydrogens (tertiary/aromatic N) is 7. The summed E-state index contributed by atoms with van der Waals surface area (Å²) in [6, 6.07) is 8.11. The number of benzene rings is 1. The molecule has 41 heavy (non-hydrogen) atoms. The first-order valence-electron chi connectivity index (χ1n) is 13.8. The van der Waals surface area contributed by atoms with E-state index >= 15 is 0 Å². The van der Waals surface area contributed by atoms with Gasteiger partial charge in [-0.2, -0.15) is 10.2 Å². The fourth-order valence-electron chi connectivity index (χ4n) is 4.67. The molecule has 0 saturated carbocycles. The maximum atomic E-state index is 13.1. The summed E-state index contributed by atoms with van der Waals surface area (Å²) in [4.78, 5) is 8.24. The molecule has 2 aliphatic rings. The number of aryl methyl sites for hydroxylation is 2. The molecule has 0 aliphatic carbocycles. The molecule has 8 nitrogen and oxygen atoms in total. The third-order valence-electron chi connectivity index (χ3n) is 6.91. The van der Waals surface area contributed by atoms with E-state index in [1.54, 1.807) is 11.6 Å². The average Bonchev–Trinajstić information content (AvgIpc) is 3.28. The monoisotopic (exact) mass is 576 g/mol. The Bertz CT molecular complexity index is 1330. The molecule has 0 radical (unpaired) electrons. The van der Waals surface area contributed by atoms with Gasteiger partial charge in [0.05, 0.1) is 23.4 Å². The van der Waals surface area contributed by atoms with Gasteiger partial charge in [-0.25, -0.2) is 27.1 Å². The van der Waals surface area contributed by atoms with Crippen LogP contribution in [0.1, 0.15) is 43.9 Å². The molecular weight excluding hydrogens is 536 g/mol. The highest BCUT2D eigenvalue weighted by Gasteiger charge is 2.35. The first kappa shape index (κ1) is 32.0. The smallest absolute Gasteiger partial charge is 0.260 e. The Morgan fingerprint density at radius 1 is 1.15 bits per heavy atom. The van der Waals surface area contributed by atoms with Gasteiger partial charge in [0.2, 0.25) is 12.4 Å². The molecule has 0 amide bonds. The molecular formula is C29H40F4N8. The number of aromatic nitrogens is 3. The number of anilines is 1. The predicted octanol–water partition coefficient (Wildman–Crippen LogP) is 6.91. The van der Waals surface area contributed by atoms with Crippen molar-refractivity contribution in [1.82, 2.24) is 24.4 Å². The van der Waals surface area contributed by atoms with E-state index in [9.17, 15) is 17.6 Å². The quantitative estimate of drug-likeness (QED) is 0.255. The predicted molar refractivity (Wildman–Crippen MR) is 155 cm³/mol. The maximum absolute atomic E-state index is 13.1. The van der Waals surface area contributed by atoms with Crippen LogP contribution < -0.4 is 5.73 Å². The molecule has 0 spiro atoms. The summed E-state index contributed by atoms with van der Waals surface area (Å²) in [5.41, 5.74) is 12.6. The van der Waals surface area contributed by atoms with E-state index < -0.39 is 12.3 Å². The molecule has 12 heteroatoms. The van der Waals surface area contributed by atoms with Crippen LogP contribution in [-0.2, 0) is 0 Å². The van der Waals surface area contributed by atoms with Crippen molar-refractivity contribution in [3.63, 3.8) is 0 Å². The summed E-state index contributed by atoms with van der Waals surface area (Å²) in [5, 5.41) is 12.1. The number of piperidine rings is 1. The molecule has 0 atom stereocenters. The van der Waals surface area contributed by atoms with Crippen LogP contribution in [0.15, 0.2) is 53.0 Å². The Morgan fingerprint density at radius 2 is 1.85 bits per heavy atom. The van der Waals surface area contributed by atoms with Crippen molar-refractivity contribution in [2.45, 2.75) is 58.8 Å². The Morgan fingerprint density at radius 3 is 2.41 bits per heavy atom. The van der Waals surface area contributed by atoms with Gasteiger partial charge in [-0.3, -0.25) is 4.90 Å². The molecule has 5 rings (SSSR count). The number of likely N-dealkylation sites (tertiary alicyclic amines) is 2. The zero-order valence-electron chi connectivity index (χ0n) is 24.3. The lowest BCUT2D eigenvalue weighted by atomic mass is 10.0. The zero-order valence-corrected chi connectivity index (χ0v) is 24.3. The van der Waals surface area contributed by atoms with Crippen LogP contribution in [0.5, 0.6) is 0 Å². The molecule has 4 heterocycles. The molecule has 0 unspecified atom stereocenters. The van der Waals surface area contributed by atoms with Gasteiger partial charge < -0.3 is 10.6 Å². The van der Waals surface area contributed by atoms with E-state index in [-0.39, 0.29) is 25.3 Å². The SMILES string of the molecule is C=C(CN1CCCC(F)(F)C1)N1CCC1.CCC(F)F.CN=Nc1ccc(-c2ccn3nc(N)nc(C)c23)cc1C. The summed E-state index contributed by atoms with van der Waals surface area (Å²) in [6.07, 6.45) is 1.59. The summed E-state index contributed by atoms with van der Waals surface area (Å²) < 4.78 is 49.5. The van der Waals surface area contributed by atoms with Crippen molar-refractivity contribution >= 4 is 17.2 Å². The molecule has 224 valence electrons. The molecule has 3 aromatic rings. The van der Waals surface area contributed by atoms with Crippen molar-refractivity contribution in [2.75, 3.05) is 45.5 Å². The van der Waals surface area contributed by atoms with Crippen LogP contribution >= 0.6 is 0 Å². The van der Waals surface area contributed by atoms with Gasteiger partial charge in [0, 0.05) is 57.0 Å². The summed E-state index contributed by atoms with van der Waals surface area (Å²) in [6.45, 7) is 12.7. The van der Waals surface area contributed by atoms with E-state index in [0.29, 0.717) is 13.0 Å². The van der Waals surface area contributed by atoms with Gasteiger partial charge >= 0.3 is 0 Å². The topological polar surface area (TPSA) is 87.4 Å². The summed E-state index contributed by atoms with van der Waals surface area (Å²) in [7, 11) is 1.67. The number of rotatable bonds is 6. The minimum Gasteiger partial charge on any atom is -0.374 e. The zero-order chi connectivity index (χ0) is 30.2. The minimum absolute atomic E-state index is 0.0278. The number of azo groups is 1. The van der Waals surface area contributed by atoms with E-state index in [1.165, 1.54) is 13.3 Å². The van der Waals surface area contributed by atoms with Crippen LogP contribution in [0.3, 0.4) is 0 Å².